The van der Waals surface area contributed by atoms with Crippen molar-refractivity contribution in [2.45, 2.75) is 27.2 Å². The molecule has 1 aromatic heterocycles. The molecule has 2 rings (SSSR count). The third-order valence-corrected chi connectivity index (χ3v) is 3.58. The van der Waals surface area contributed by atoms with Crippen molar-refractivity contribution in [3.05, 3.63) is 64.8 Å². The fourth-order valence-corrected chi connectivity index (χ4v) is 2.44. The number of benzene rings is 1. The van der Waals surface area contributed by atoms with Gasteiger partial charge in [0.2, 0.25) is 5.91 Å². The number of hydrogen-bond acceptors (Lipinski definition) is 3. The summed E-state index contributed by atoms with van der Waals surface area (Å²) in [5, 5.41) is 3.40. The molecule has 0 fully saturated rings. The molecule has 0 saturated heterocycles. The molecule has 1 aromatic carbocycles. The second-order valence-corrected chi connectivity index (χ2v) is 6.57. The van der Waals surface area contributed by atoms with Crippen LogP contribution in [0.25, 0.3) is 0 Å². The molecule has 132 valence electrons. The van der Waals surface area contributed by atoms with Crippen molar-refractivity contribution in [1.29, 1.82) is 0 Å². The number of amides is 1. The zero-order valence-electron chi connectivity index (χ0n) is 14.8. The first kappa shape index (κ1) is 19.0. The highest BCUT2D eigenvalue weighted by atomic mass is 35.5. The Kier molecular flexibility index (Phi) is 7.02. The van der Waals surface area contributed by atoms with E-state index in [1.54, 1.807) is 19.1 Å². The van der Waals surface area contributed by atoms with Gasteiger partial charge < -0.3 is 10.1 Å². The van der Waals surface area contributed by atoms with Gasteiger partial charge in [-0.2, -0.15) is 0 Å². The molecule has 0 radical (unpaired) electrons. The first-order valence-electron chi connectivity index (χ1n) is 8.28. The number of aromatic nitrogens is 1. The Morgan fingerprint density at radius 1 is 1.32 bits per heavy atom. The van der Waals surface area contributed by atoms with Gasteiger partial charge in [-0.3, -0.25) is 4.79 Å². The Balaban J connectivity index is 2.18. The molecule has 25 heavy (non-hydrogen) atoms. The number of ether oxygens (including phenoxy) is 1. The van der Waals surface area contributed by atoms with Gasteiger partial charge in [-0.25, -0.2) is 4.98 Å². The van der Waals surface area contributed by atoms with Crippen LogP contribution in [-0.2, 0) is 11.2 Å². The van der Waals surface area contributed by atoms with Crippen molar-refractivity contribution in [1.82, 2.24) is 4.98 Å². The minimum atomic E-state index is -0.198. The van der Waals surface area contributed by atoms with Gasteiger partial charge in [0, 0.05) is 22.7 Å². The van der Waals surface area contributed by atoms with Crippen LogP contribution in [0.4, 0.5) is 5.82 Å². The molecule has 0 aliphatic rings. The van der Waals surface area contributed by atoms with Crippen molar-refractivity contribution in [2.75, 3.05) is 11.9 Å². The maximum Gasteiger partial charge on any atom is 0.249 e. The summed E-state index contributed by atoms with van der Waals surface area (Å²) in [6.45, 7) is 6.64. The second kappa shape index (κ2) is 9.23. The Morgan fingerprint density at radius 3 is 2.84 bits per heavy atom. The number of hydrogen-bond donors (Lipinski definition) is 1. The van der Waals surface area contributed by atoms with Crippen molar-refractivity contribution in [3.8, 4) is 5.75 Å². The van der Waals surface area contributed by atoms with Crippen LogP contribution in [0.3, 0.4) is 0 Å². The predicted molar refractivity (Wildman–Crippen MR) is 102 cm³/mol. The standard InChI is InChI=1S/C20H23ClN2O2/c1-4-6-20(24)23-19-8-5-7-17(22-19)12-15-11-16(21)9-10-18(15)25-13-14(2)3/h4-11,14H,12-13H2,1-3H3,(H,22,23,24)/b6-4+. The summed E-state index contributed by atoms with van der Waals surface area (Å²) in [5.74, 6) is 1.57. The van der Waals surface area contributed by atoms with Gasteiger partial charge in [-0.15, -0.1) is 0 Å². The number of nitrogens with one attached hydrogen (secondary N) is 1. The maximum absolute atomic E-state index is 11.7. The molecular weight excluding hydrogens is 336 g/mol. The SMILES string of the molecule is C/C=C/C(=O)Nc1cccc(Cc2cc(Cl)ccc2OCC(C)C)n1. The van der Waals surface area contributed by atoms with E-state index in [2.05, 4.69) is 24.1 Å². The summed E-state index contributed by atoms with van der Waals surface area (Å²) in [4.78, 5) is 16.1. The van der Waals surface area contributed by atoms with E-state index in [-0.39, 0.29) is 5.91 Å². The number of anilines is 1. The molecule has 5 heteroatoms. The maximum atomic E-state index is 11.7. The lowest BCUT2D eigenvalue weighted by Crippen LogP contribution is -2.10. The van der Waals surface area contributed by atoms with E-state index >= 15 is 0 Å². The Hall–Kier alpha value is -2.33. The monoisotopic (exact) mass is 358 g/mol. The van der Waals surface area contributed by atoms with Crippen molar-refractivity contribution in [2.24, 2.45) is 5.92 Å². The predicted octanol–water partition coefficient (Wildman–Crippen LogP) is 4.88. The smallest absolute Gasteiger partial charge is 0.249 e. The van der Waals surface area contributed by atoms with Crippen LogP contribution in [0.2, 0.25) is 5.02 Å². The molecule has 0 unspecified atom stereocenters. The van der Waals surface area contributed by atoms with Crippen molar-refractivity contribution in [3.63, 3.8) is 0 Å². The van der Waals surface area contributed by atoms with E-state index in [4.69, 9.17) is 16.3 Å². The number of halogens is 1. The molecule has 0 spiro atoms. The van der Waals surface area contributed by atoms with Crippen molar-refractivity contribution < 1.29 is 9.53 Å². The normalized spacial score (nSPS) is 11.1. The van der Waals surface area contributed by atoms with Gasteiger partial charge in [-0.1, -0.05) is 37.6 Å². The molecule has 4 nitrogen and oxygen atoms in total. The highest BCUT2D eigenvalue weighted by Gasteiger charge is 2.09. The molecular formula is C20H23ClN2O2. The number of carbonyl (C=O) groups is 1. The van der Waals surface area contributed by atoms with Crippen LogP contribution < -0.4 is 10.1 Å². The van der Waals surface area contributed by atoms with E-state index in [0.29, 0.717) is 29.8 Å². The minimum Gasteiger partial charge on any atom is -0.493 e. The first-order chi connectivity index (χ1) is 12.0. The van der Waals surface area contributed by atoms with Gasteiger partial charge in [0.1, 0.15) is 11.6 Å². The molecule has 0 aliphatic heterocycles. The lowest BCUT2D eigenvalue weighted by Gasteiger charge is -2.14. The van der Waals surface area contributed by atoms with Gasteiger partial charge in [0.05, 0.1) is 6.61 Å². The summed E-state index contributed by atoms with van der Waals surface area (Å²) < 4.78 is 5.89. The third kappa shape index (κ3) is 6.24. The molecule has 1 N–H and O–H groups in total. The Bertz CT molecular complexity index is 757. The number of carbonyl (C=O) groups excluding carboxylic acids is 1. The van der Waals surface area contributed by atoms with E-state index in [0.717, 1.165) is 17.0 Å². The van der Waals surface area contributed by atoms with Crippen LogP contribution in [0.15, 0.2) is 48.6 Å². The number of nitrogens with zero attached hydrogens (tertiary/aromatic N) is 1. The number of rotatable bonds is 7. The average molecular weight is 359 g/mol. The topological polar surface area (TPSA) is 51.2 Å². The zero-order valence-corrected chi connectivity index (χ0v) is 15.5. The molecule has 2 aromatic rings. The number of allylic oxidation sites excluding steroid dienone is 1. The van der Waals surface area contributed by atoms with E-state index in [1.807, 2.05) is 30.3 Å². The van der Waals surface area contributed by atoms with Crippen LogP contribution in [0.5, 0.6) is 5.75 Å². The fourth-order valence-electron chi connectivity index (χ4n) is 2.25. The number of pyridine rings is 1. The minimum absolute atomic E-state index is 0.198. The van der Waals surface area contributed by atoms with Gasteiger partial charge in [-0.05, 0) is 49.2 Å². The lowest BCUT2D eigenvalue weighted by atomic mass is 10.1. The Morgan fingerprint density at radius 2 is 2.12 bits per heavy atom. The molecule has 0 bridgehead atoms. The third-order valence-electron chi connectivity index (χ3n) is 3.34. The van der Waals surface area contributed by atoms with Gasteiger partial charge in [0.25, 0.3) is 0 Å². The van der Waals surface area contributed by atoms with Crippen LogP contribution >= 0.6 is 11.6 Å². The quantitative estimate of drug-likeness (QED) is 0.718. The van der Waals surface area contributed by atoms with Crippen molar-refractivity contribution >= 4 is 23.3 Å². The average Bonchev–Trinajstić information content (AvgIpc) is 2.54. The van der Waals surface area contributed by atoms with Gasteiger partial charge in [0.15, 0.2) is 0 Å². The zero-order chi connectivity index (χ0) is 18.2. The van der Waals surface area contributed by atoms with E-state index in [9.17, 15) is 4.79 Å². The molecule has 0 aliphatic carbocycles. The molecule has 1 heterocycles. The molecule has 0 atom stereocenters. The highest BCUT2D eigenvalue weighted by Crippen LogP contribution is 2.26. The second-order valence-electron chi connectivity index (χ2n) is 6.14. The molecule has 1 amide bonds. The van der Waals surface area contributed by atoms with E-state index < -0.39 is 0 Å². The Labute approximate surface area is 153 Å². The highest BCUT2D eigenvalue weighted by molar-refractivity contribution is 6.30. The summed E-state index contributed by atoms with van der Waals surface area (Å²) in [7, 11) is 0. The van der Waals surface area contributed by atoms with E-state index in [1.165, 1.54) is 6.08 Å². The lowest BCUT2D eigenvalue weighted by molar-refractivity contribution is -0.111. The van der Waals surface area contributed by atoms with Gasteiger partial charge >= 0.3 is 0 Å². The molecule has 0 saturated carbocycles. The first-order valence-corrected chi connectivity index (χ1v) is 8.66. The largest absolute Gasteiger partial charge is 0.493 e. The van der Waals surface area contributed by atoms with Crippen LogP contribution in [0.1, 0.15) is 32.0 Å². The van der Waals surface area contributed by atoms with Crippen LogP contribution in [0, 0.1) is 5.92 Å². The summed E-state index contributed by atoms with van der Waals surface area (Å²) in [6, 6.07) is 11.1. The fraction of sp³-hybridized carbons (Fsp3) is 0.300. The summed E-state index contributed by atoms with van der Waals surface area (Å²) in [6.07, 6.45) is 3.72. The van der Waals surface area contributed by atoms with Crippen LogP contribution in [-0.4, -0.2) is 17.5 Å². The summed E-state index contributed by atoms with van der Waals surface area (Å²) in [5.41, 5.74) is 1.80. The summed E-state index contributed by atoms with van der Waals surface area (Å²) >= 11 is 6.14.